The first kappa shape index (κ1) is 13.5. The topological polar surface area (TPSA) is 34.1 Å². The molecule has 0 bridgehead atoms. The fourth-order valence-corrected chi connectivity index (χ4v) is 7.83. The first-order valence-electron chi connectivity index (χ1n) is 6.38. The highest BCUT2D eigenvalue weighted by atomic mass is 31.2. The minimum absolute atomic E-state index is 0.229. The fraction of sp³-hybridized carbons (Fsp3) is 0.533. The van der Waals surface area contributed by atoms with E-state index in [4.69, 9.17) is 0 Å². The minimum atomic E-state index is -2.63. The smallest absolute Gasteiger partial charge is 0.134 e. The zero-order valence-corrected chi connectivity index (χ0v) is 12.5. The summed E-state index contributed by atoms with van der Waals surface area (Å²) in [7, 11) is -2.63. The van der Waals surface area contributed by atoms with Gasteiger partial charge in [-0.1, -0.05) is 58.0 Å². The predicted molar refractivity (Wildman–Crippen MR) is 76.1 cm³/mol. The monoisotopic (exact) mass is 264 g/mol. The molecule has 0 spiro atoms. The van der Waals surface area contributed by atoms with Crippen LogP contribution in [0.15, 0.2) is 30.3 Å². The van der Waals surface area contributed by atoms with E-state index in [0.29, 0.717) is 12.8 Å². The van der Waals surface area contributed by atoms with Crippen LogP contribution in [0.3, 0.4) is 0 Å². The molecule has 0 saturated carbocycles. The van der Waals surface area contributed by atoms with Crippen LogP contribution in [-0.2, 0) is 9.36 Å². The van der Waals surface area contributed by atoms with E-state index >= 15 is 0 Å². The molecule has 1 aliphatic heterocycles. The summed E-state index contributed by atoms with van der Waals surface area (Å²) in [6.07, 6.45) is 0.838. The Morgan fingerprint density at radius 1 is 0.944 bits per heavy atom. The van der Waals surface area contributed by atoms with Crippen molar-refractivity contribution in [2.75, 3.05) is 0 Å². The van der Waals surface area contributed by atoms with E-state index in [-0.39, 0.29) is 5.78 Å². The van der Waals surface area contributed by atoms with Gasteiger partial charge in [0.25, 0.3) is 0 Å². The molecule has 0 aromatic heterocycles. The third kappa shape index (κ3) is 1.78. The van der Waals surface area contributed by atoms with E-state index in [1.807, 2.05) is 58.0 Å². The minimum Gasteiger partial charge on any atom is -0.317 e. The molecule has 1 aromatic carbocycles. The van der Waals surface area contributed by atoms with Crippen LogP contribution in [0.1, 0.15) is 40.5 Å². The van der Waals surface area contributed by atoms with Gasteiger partial charge in [-0.25, -0.2) is 0 Å². The highest BCUT2D eigenvalue weighted by molar-refractivity contribution is 7.74. The number of carbonyl (C=O) groups excluding carboxylic acids is 1. The molecule has 0 radical (unpaired) electrons. The molecule has 2 nitrogen and oxygen atoms in total. The second kappa shape index (κ2) is 4.06. The van der Waals surface area contributed by atoms with Crippen LogP contribution < -0.4 is 5.30 Å². The molecule has 0 unspecified atom stereocenters. The lowest BCUT2D eigenvalue weighted by Crippen LogP contribution is -2.45. The Kier molecular flexibility index (Phi) is 3.06. The number of ketones is 1. The van der Waals surface area contributed by atoms with E-state index in [2.05, 4.69) is 0 Å². The summed E-state index contributed by atoms with van der Waals surface area (Å²) < 4.78 is 13.7. The number of Topliss-reactive ketones (excluding diaryl/α,β-unsaturated/α-hetero) is 1. The predicted octanol–water partition coefficient (Wildman–Crippen LogP) is 3.60. The maximum atomic E-state index is 13.7. The van der Waals surface area contributed by atoms with E-state index in [9.17, 15) is 9.36 Å². The van der Waals surface area contributed by atoms with E-state index in [0.717, 1.165) is 5.30 Å². The van der Waals surface area contributed by atoms with Gasteiger partial charge in [-0.15, -0.1) is 0 Å². The maximum absolute atomic E-state index is 13.7. The second-order valence-corrected chi connectivity index (χ2v) is 10.6. The molecule has 1 saturated heterocycles. The van der Waals surface area contributed by atoms with Crippen LogP contribution >= 0.6 is 7.14 Å². The van der Waals surface area contributed by atoms with Gasteiger partial charge in [0.1, 0.15) is 12.9 Å². The average molecular weight is 264 g/mol. The summed E-state index contributed by atoms with van der Waals surface area (Å²) in [6, 6.07) is 9.68. The molecule has 1 aromatic rings. The van der Waals surface area contributed by atoms with Crippen LogP contribution in [0.2, 0.25) is 0 Å². The van der Waals surface area contributed by atoms with Crippen LogP contribution in [0.25, 0.3) is 0 Å². The summed E-state index contributed by atoms with van der Waals surface area (Å²) >= 11 is 0. The molecule has 18 heavy (non-hydrogen) atoms. The summed E-state index contributed by atoms with van der Waals surface area (Å²) in [5, 5.41) is 0.00731. The number of hydrogen-bond donors (Lipinski definition) is 0. The van der Waals surface area contributed by atoms with Gasteiger partial charge in [0.05, 0.1) is 0 Å². The van der Waals surface area contributed by atoms with Crippen molar-refractivity contribution in [1.82, 2.24) is 0 Å². The molecule has 1 aliphatic rings. The van der Waals surface area contributed by atoms with Crippen molar-refractivity contribution >= 4 is 18.2 Å². The average Bonchev–Trinajstić information content (AvgIpc) is 2.25. The lowest BCUT2D eigenvalue weighted by molar-refractivity contribution is -0.120. The Bertz CT molecular complexity index is 491. The molecule has 2 rings (SSSR count). The molecule has 1 fully saturated rings. The SMILES string of the molecule is CC1(C)CC(=O)CC(C)(C)P1(=O)c1ccccc1. The highest BCUT2D eigenvalue weighted by Gasteiger charge is 2.56. The number of rotatable bonds is 1. The lowest BCUT2D eigenvalue weighted by atomic mass is 9.96. The van der Waals surface area contributed by atoms with Crippen molar-refractivity contribution in [3.8, 4) is 0 Å². The van der Waals surface area contributed by atoms with Gasteiger partial charge in [-0.2, -0.15) is 0 Å². The fourth-order valence-electron chi connectivity index (χ4n) is 3.41. The van der Waals surface area contributed by atoms with Crippen molar-refractivity contribution in [1.29, 1.82) is 0 Å². The Balaban J connectivity index is 2.65. The van der Waals surface area contributed by atoms with Crippen molar-refractivity contribution in [3.63, 3.8) is 0 Å². The third-order valence-electron chi connectivity index (χ3n) is 4.08. The Hall–Kier alpha value is -0.880. The largest absolute Gasteiger partial charge is 0.317 e. The van der Waals surface area contributed by atoms with Crippen LogP contribution in [-0.4, -0.2) is 16.1 Å². The van der Waals surface area contributed by atoms with Gasteiger partial charge >= 0.3 is 0 Å². The highest BCUT2D eigenvalue weighted by Crippen LogP contribution is 2.70. The molecule has 0 N–H and O–H groups in total. The second-order valence-electron chi connectivity index (χ2n) is 6.46. The Morgan fingerprint density at radius 3 is 1.83 bits per heavy atom. The van der Waals surface area contributed by atoms with Crippen LogP contribution in [0.4, 0.5) is 0 Å². The molecule has 3 heteroatoms. The van der Waals surface area contributed by atoms with Gasteiger partial charge in [0.2, 0.25) is 0 Å². The van der Waals surface area contributed by atoms with Gasteiger partial charge in [0, 0.05) is 28.5 Å². The first-order valence-corrected chi connectivity index (χ1v) is 8.09. The zero-order chi connectivity index (χ0) is 13.6. The molecule has 0 aliphatic carbocycles. The lowest BCUT2D eigenvalue weighted by Gasteiger charge is -2.48. The maximum Gasteiger partial charge on any atom is 0.134 e. The number of benzene rings is 1. The molecular weight excluding hydrogens is 243 g/mol. The first-order chi connectivity index (χ1) is 8.21. The molecule has 1 heterocycles. The van der Waals surface area contributed by atoms with Gasteiger partial charge in [-0.05, 0) is 0 Å². The van der Waals surface area contributed by atoms with E-state index < -0.39 is 17.5 Å². The molecule has 0 atom stereocenters. The Labute approximate surface area is 109 Å². The van der Waals surface area contributed by atoms with Crippen LogP contribution in [0.5, 0.6) is 0 Å². The zero-order valence-electron chi connectivity index (χ0n) is 11.6. The number of hydrogen-bond acceptors (Lipinski definition) is 2. The molecular formula is C15H21O2P. The normalized spacial score (nSPS) is 24.8. The van der Waals surface area contributed by atoms with Crippen molar-refractivity contribution in [2.45, 2.75) is 50.8 Å². The summed E-state index contributed by atoms with van der Waals surface area (Å²) in [5.74, 6) is 0.229. The van der Waals surface area contributed by atoms with Gasteiger partial charge in [-0.3, -0.25) is 4.79 Å². The standard InChI is InChI=1S/C15H21O2P/c1-14(2)10-12(16)11-15(3,4)18(14,17)13-8-6-5-7-9-13/h5-9H,10-11H2,1-4H3. The summed E-state index contributed by atoms with van der Waals surface area (Å²) in [4.78, 5) is 11.9. The molecule has 0 amide bonds. The summed E-state index contributed by atoms with van der Waals surface area (Å²) in [6.45, 7) is 7.89. The van der Waals surface area contributed by atoms with Crippen molar-refractivity contribution in [2.24, 2.45) is 0 Å². The van der Waals surface area contributed by atoms with Crippen molar-refractivity contribution < 1.29 is 9.36 Å². The van der Waals surface area contributed by atoms with E-state index in [1.165, 1.54) is 0 Å². The quantitative estimate of drug-likeness (QED) is 0.726. The number of carbonyl (C=O) groups is 1. The van der Waals surface area contributed by atoms with Gasteiger partial charge in [0.15, 0.2) is 0 Å². The van der Waals surface area contributed by atoms with E-state index in [1.54, 1.807) is 0 Å². The van der Waals surface area contributed by atoms with Crippen LogP contribution in [0, 0.1) is 0 Å². The molecule has 98 valence electrons. The van der Waals surface area contributed by atoms with Crippen molar-refractivity contribution in [3.05, 3.63) is 30.3 Å². The third-order valence-corrected chi connectivity index (χ3v) is 8.84. The van der Waals surface area contributed by atoms with Gasteiger partial charge < -0.3 is 4.57 Å². The Morgan fingerprint density at radius 2 is 1.39 bits per heavy atom. The summed E-state index contributed by atoms with van der Waals surface area (Å²) in [5.41, 5.74) is 0.